The molecule has 0 spiro atoms. The van der Waals surface area contributed by atoms with Gasteiger partial charge in [0.15, 0.2) is 6.10 Å². The van der Waals surface area contributed by atoms with Gasteiger partial charge in [0.1, 0.15) is 11.4 Å². The van der Waals surface area contributed by atoms with E-state index in [1.807, 2.05) is 12.4 Å². The number of nitrogens with one attached hydrogen (secondary N) is 1. The summed E-state index contributed by atoms with van der Waals surface area (Å²) in [5.74, 6) is 0.137. The fourth-order valence-corrected chi connectivity index (χ4v) is 3.98. The zero-order chi connectivity index (χ0) is 24.7. The topological polar surface area (TPSA) is 98.1 Å². The SMILES string of the molecule is CC(C)(C)OC(=O)N1CCOC(C(=O)Nc2ccc(F)c(-c3cn4cc(C5CC5)cnc4n3)c2)C1. The van der Waals surface area contributed by atoms with Gasteiger partial charge in [0.05, 0.1) is 18.8 Å². The quantitative estimate of drug-likeness (QED) is 0.605. The summed E-state index contributed by atoms with van der Waals surface area (Å²) in [6.45, 7) is 5.97. The van der Waals surface area contributed by atoms with E-state index < -0.39 is 29.5 Å². The molecule has 184 valence electrons. The van der Waals surface area contributed by atoms with Gasteiger partial charge in [0.2, 0.25) is 5.78 Å². The average Bonchev–Trinajstić information content (AvgIpc) is 3.58. The lowest BCUT2D eigenvalue weighted by atomic mass is 10.1. The Labute approximate surface area is 202 Å². The smallest absolute Gasteiger partial charge is 0.410 e. The molecule has 2 aliphatic rings. The summed E-state index contributed by atoms with van der Waals surface area (Å²) in [6, 6.07) is 4.29. The van der Waals surface area contributed by atoms with E-state index >= 15 is 0 Å². The molecule has 9 nitrogen and oxygen atoms in total. The number of fused-ring (bicyclic) bond motifs is 1. The number of imidazole rings is 1. The predicted molar refractivity (Wildman–Crippen MR) is 127 cm³/mol. The molecular weight excluding hydrogens is 453 g/mol. The second kappa shape index (κ2) is 8.92. The van der Waals surface area contributed by atoms with Crippen molar-refractivity contribution in [3.63, 3.8) is 0 Å². The van der Waals surface area contributed by atoms with Crippen molar-refractivity contribution in [1.82, 2.24) is 19.3 Å². The van der Waals surface area contributed by atoms with Crippen LogP contribution in [0.1, 0.15) is 45.1 Å². The lowest BCUT2D eigenvalue weighted by Gasteiger charge is -2.33. The van der Waals surface area contributed by atoms with Crippen LogP contribution in [0.3, 0.4) is 0 Å². The van der Waals surface area contributed by atoms with Crippen molar-refractivity contribution in [2.45, 2.75) is 51.2 Å². The van der Waals surface area contributed by atoms with Gasteiger partial charge in [-0.15, -0.1) is 0 Å². The highest BCUT2D eigenvalue weighted by molar-refractivity contribution is 5.95. The molecule has 5 rings (SSSR count). The summed E-state index contributed by atoms with van der Waals surface area (Å²) in [7, 11) is 0. The van der Waals surface area contributed by atoms with Crippen molar-refractivity contribution in [1.29, 1.82) is 0 Å². The first-order chi connectivity index (χ1) is 16.7. The molecule has 2 amide bonds. The number of carbonyl (C=O) groups excluding carboxylic acids is 2. The summed E-state index contributed by atoms with van der Waals surface area (Å²) in [5, 5.41) is 2.76. The number of hydrogen-bond acceptors (Lipinski definition) is 6. The molecular formula is C25H28FN5O4. The van der Waals surface area contributed by atoms with Gasteiger partial charge in [0, 0.05) is 36.4 Å². The van der Waals surface area contributed by atoms with Crippen molar-refractivity contribution in [2.24, 2.45) is 0 Å². The number of hydrogen-bond donors (Lipinski definition) is 1. The second-order valence-corrected chi connectivity index (χ2v) is 9.96. The van der Waals surface area contributed by atoms with Crippen LogP contribution >= 0.6 is 0 Å². The standard InChI is InChI=1S/C25H28FN5O4/c1-25(2,3)35-24(33)30-8-9-34-21(14-30)22(32)28-17-6-7-19(26)18(10-17)20-13-31-12-16(15-4-5-15)11-27-23(31)29-20/h6-7,10-13,15,21H,4-5,8-9,14H2,1-3H3,(H,28,32). The first-order valence-electron chi connectivity index (χ1n) is 11.7. The van der Waals surface area contributed by atoms with E-state index in [0.29, 0.717) is 29.6 Å². The van der Waals surface area contributed by atoms with E-state index in [9.17, 15) is 14.0 Å². The van der Waals surface area contributed by atoms with Crippen LogP contribution in [0.25, 0.3) is 17.0 Å². The molecule has 1 aliphatic heterocycles. The monoisotopic (exact) mass is 481 g/mol. The van der Waals surface area contributed by atoms with Gasteiger partial charge in [-0.3, -0.25) is 9.20 Å². The molecule has 35 heavy (non-hydrogen) atoms. The third-order valence-electron chi connectivity index (χ3n) is 5.90. The molecule has 1 atom stereocenters. The second-order valence-electron chi connectivity index (χ2n) is 9.96. The van der Waals surface area contributed by atoms with E-state index in [4.69, 9.17) is 9.47 Å². The Hall–Kier alpha value is -3.53. The molecule has 0 radical (unpaired) electrons. The molecule has 2 aromatic heterocycles. The maximum absolute atomic E-state index is 14.7. The van der Waals surface area contributed by atoms with Crippen molar-refractivity contribution in [3.05, 3.63) is 48.2 Å². The molecule has 2 fully saturated rings. The van der Waals surface area contributed by atoms with E-state index in [1.165, 1.54) is 23.1 Å². The minimum Gasteiger partial charge on any atom is -0.444 e. The highest BCUT2D eigenvalue weighted by atomic mass is 19.1. The van der Waals surface area contributed by atoms with Crippen LogP contribution < -0.4 is 5.32 Å². The minimum absolute atomic E-state index is 0.0657. The van der Waals surface area contributed by atoms with Crippen molar-refractivity contribution < 1.29 is 23.5 Å². The molecule has 10 heteroatoms. The summed E-state index contributed by atoms with van der Waals surface area (Å²) in [4.78, 5) is 35.5. The van der Waals surface area contributed by atoms with Crippen LogP contribution in [-0.2, 0) is 14.3 Å². The number of rotatable bonds is 4. The van der Waals surface area contributed by atoms with E-state index in [0.717, 1.165) is 18.4 Å². The molecule has 3 heterocycles. The lowest BCUT2D eigenvalue weighted by Crippen LogP contribution is -2.51. The fraction of sp³-hybridized carbons (Fsp3) is 0.440. The Morgan fingerprint density at radius 2 is 2.03 bits per heavy atom. The van der Waals surface area contributed by atoms with Crippen LogP contribution in [0, 0.1) is 5.82 Å². The lowest BCUT2D eigenvalue weighted by molar-refractivity contribution is -0.132. The highest BCUT2D eigenvalue weighted by Gasteiger charge is 2.32. The van der Waals surface area contributed by atoms with Crippen LogP contribution in [0.2, 0.25) is 0 Å². The number of aromatic nitrogens is 3. The Morgan fingerprint density at radius 1 is 1.23 bits per heavy atom. The molecule has 1 N–H and O–H groups in total. The average molecular weight is 482 g/mol. The fourth-order valence-electron chi connectivity index (χ4n) is 3.98. The van der Waals surface area contributed by atoms with Crippen molar-refractivity contribution in [3.8, 4) is 11.3 Å². The van der Waals surface area contributed by atoms with Crippen LogP contribution in [0.4, 0.5) is 14.9 Å². The molecule has 3 aromatic rings. The van der Waals surface area contributed by atoms with Gasteiger partial charge in [-0.2, -0.15) is 0 Å². The number of ether oxygens (including phenoxy) is 2. The Morgan fingerprint density at radius 3 is 2.77 bits per heavy atom. The van der Waals surface area contributed by atoms with Crippen molar-refractivity contribution in [2.75, 3.05) is 25.0 Å². The van der Waals surface area contributed by atoms with Crippen molar-refractivity contribution >= 4 is 23.5 Å². The van der Waals surface area contributed by atoms with Gasteiger partial charge < -0.3 is 19.7 Å². The molecule has 0 bridgehead atoms. The van der Waals surface area contributed by atoms with Gasteiger partial charge in [0.25, 0.3) is 5.91 Å². The van der Waals surface area contributed by atoms with Crippen LogP contribution in [0.5, 0.6) is 0 Å². The number of benzene rings is 1. The van der Waals surface area contributed by atoms with E-state index in [2.05, 4.69) is 15.3 Å². The normalized spacial score (nSPS) is 18.5. The zero-order valence-corrected chi connectivity index (χ0v) is 20.0. The summed E-state index contributed by atoms with van der Waals surface area (Å²) in [6.07, 6.45) is 6.49. The third-order valence-corrected chi connectivity index (χ3v) is 5.90. The Balaban J connectivity index is 1.30. The minimum atomic E-state index is -0.870. The third kappa shape index (κ3) is 5.27. The first-order valence-corrected chi connectivity index (χ1v) is 11.7. The largest absolute Gasteiger partial charge is 0.444 e. The van der Waals surface area contributed by atoms with E-state index in [1.54, 1.807) is 31.4 Å². The summed E-state index contributed by atoms with van der Waals surface area (Å²) < 4.78 is 27.5. The number of anilines is 1. The molecule has 1 aromatic carbocycles. The van der Waals surface area contributed by atoms with Gasteiger partial charge in [-0.05, 0) is 63.3 Å². The Kier molecular flexibility index (Phi) is 5.92. The number of amides is 2. The first kappa shape index (κ1) is 23.2. The molecule has 1 saturated heterocycles. The van der Waals surface area contributed by atoms with Crippen LogP contribution in [0.15, 0.2) is 36.8 Å². The van der Waals surface area contributed by atoms with E-state index in [-0.39, 0.29) is 18.7 Å². The predicted octanol–water partition coefficient (Wildman–Crippen LogP) is 3.99. The molecule has 1 aliphatic carbocycles. The zero-order valence-electron chi connectivity index (χ0n) is 20.0. The van der Waals surface area contributed by atoms with Gasteiger partial charge in [-0.25, -0.2) is 19.2 Å². The maximum atomic E-state index is 14.7. The number of nitrogens with zero attached hydrogens (tertiary/aromatic N) is 4. The van der Waals surface area contributed by atoms with Crippen LogP contribution in [-0.4, -0.2) is 62.7 Å². The maximum Gasteiger partial charge on any atom is 0.410 e. The summed E-state index contributed by atoms with van der Waals surface area (Å²) >= 11 is 0. The number of halogens is 1. The number of carbonyl (C=O) groups is 2. The van der Waals surface area contributed by atoms with Gasteiger partial charge >= 0.3 is 6.09 Å². The summed E-state index contributed by atoms with van der Waals surface area (Å²) in [5.41, 5.74) is 1.58. The van der Waals surface area contributed by atoms with Gasteiger partial charge in [-0.1, -0.05) is 0 Å². The highest BCUT2D eigenvalue weighted by Crippen LogP contribution is 2.39. The number of morpholine rings is 1. The Bertz CT molecular complexity index is 1280. The molecule has 1 saturated carbocycles. The molecule has 1 unspecified atom stereocenters.